The minimum atomic E-state index is -4.32. The molecule has 29 heavy (non-hydrogen) atoms. The van der Waals surface area contributed by atoms with Crippen molar-refractivity contribution in [3.63, 3.8) is 0 Å². The summed E-state index contributed by atoms with van der Waals surface area (Å²) in [5, 5.41) is 7.05. The first-order valence-electron chi connectivity index (χ1n) is 8.46. The highest BCUT2D eigenvalue weighted by Gasteiger charge is 2.20. The molecule has 146 valence electrons. The number of rotatable bonds is 5. The predicted molar refractivity (Wildman–Crippen MR) is 104 cm³/mol. The van der Waals surface area contributed by atoms with Crippen LogP contribution in [0.15, 0.2) is 78.1 Å². The number of nitrogens with one attached hydrogen (secondary N) is 2. The van der Waals surface area contributed by atoms with Crippen molar-refractivity contribution in [3.8, 4) is 22.4 Å². The molecule has 0 aliphatic rings. The molecular formula is C20H14F2N4O2S. The van der Waals surface area contributed by atoms with Crippen LogP contribution in [0, 0.1) is 11.6 Å². The average molecular weight is 412 g/mol. The third-order valence-electron chi connectivity index (χ3n) is 4.20. The van der Waals surface area contributed by atoms with Gasteiger partial charge in [0.05, 0.1) is 5.69 Å². The fraction of sp³-hybridized carbons (Fsp3) is 0. The SMILES string of the molecule is O=S(=O)(Nc1cccc(-c2n[nH]cc2-c2ccncc2)c1)c1cc(F)ccc1F. The summed E-state index contributed by atoms with van der Waals surface area (Å²) in [6.45, 7) is 0. The molecule has 0 saturated carbocycles. The van der Waals surface area contributed by atoms with Crippen LogP contribution in [0.1, 0.15) is 0 Å². The Morgan fingerprint density at radius 1 is 0.931 bits per heavy atom. The molecule has 4 rings (SSSR count). The van der Waals surface area contributed by atoms with E-state index in [0.717, 1.165) is 23.3 Å². The van der Waals surface area contributed by atoms with Crippen molar-refractivity contribution in [2.24, 2.45) is 0 Å². The molecule has 9 heteroatoms. The maximum absolute atomic E-state index is 13.9. The molecule has 0 fully saturated rings. The Morgan fingerprint density at radius 3 is 2.52 bits per heavy atom. The maximum Gasteiger partial charge on any atom is 0.264 e. The summed E-state index contributed by atoms with van der Waals surface area (Å²) in [6, 6.07) is 12.4. The Labute approximate surface area is 165 Å². The van der Waals surface area contributed by atoms with Gasteiger partial charge in [-0.1, -0.05) is 12.1 Å². The van der Waals surface area contributed by atoms with Gasteiger partial charge in [0, 0.05) is 35.4 Å². The van der Waals surface area contributed by atoms with Crippen LogP contribution in [-0.4, -0.2) is 23.6 Å². The zero-order chi connectivity index (χ0) is 20.4. The second-order valence-corrected chi connectivity index (χ2v) is 7.80. The second-order valence-electron chi connectivity index (χ2n) is 6.14. The summed E-state index contributed by atoms with van der Waals surface area (Å²) >= 11 is 0. The number of hydrogen-bond donors (Lipinski definition) is 2. The van der Waals surface area contributed by atoms with Gasteiger partial charge in [0.15, 0.2) is 0 Å². The first-order chi connectivity index (χ1) is 13.9. The van der Waals surface area contributed by atoms with Gasteiger partial charge in [-0.05, 0) is 48.0 Å². The lowest BCUT2D eigenvalue weighted by Gasteiger charge is -2.10. The number of benzene rings is 2. The minimum Gasteiger partial charge on any atom is -0.284 e. The molecule has 6 nitrogen and oxygen atoms in total. The van der Waals surface area contributed by atoms with E-state index >= 15 is 0 Å². The van der Waals surface area contributed by atoms with Gasteiger partial charge in [0.2, 0.25) is 0 Å². The van der Waals surface area contributed by atoms with Gasteiger partial charge in [-0.25, -0.2) is 17.2 Å². The van der Waals surface area contributed by atoms with E-state index in [-0.39, 0.29) is 5.69 Å². The van der Waals surface area contributed by atoms with Crippen molar-refractivity contribution < 1.29 is 17.2 Å². The average Bonchev–Trinajstić information content (AvgIpc) is 3.20. The fourth-order valence-corrected chi connectivity index (χ4v) is 4.02. The van der Waals surface area contributed by atoms with Gasteiger partial charge in [-0.3, -0.25) is 14.8 Å². The number of aromatic nitrogens is 3. The van der Waals surface area contributed by atoms with Crippen LogP contribution < -0.4 is 4.72 Å². The Hall–Kier alpha value is -3.59. The van der Waals surface area contributed by atoms with Gasteiger partial charge in [0.25, 0.3) is 10.0 Å². The highest BCUT2D eigenvalue weighted by molar-refractivity contribution is 7.92. The third kappa shape index (κ3) is 3.85. The zero-order valence-corrected chi connectivity index (χ0v) is 15.6. The molecule has 0 aliphatic carbocycles. The standard InChI is InChI=1S/C20H14F2N4O2S/c21-15-4-5-18(22)19(11-15)29(27,28)26-16-3-1-2-14(10-16)20-17(12-24-25-20)13-6-8-23-9-7-13/h1-12,26H,(H,24,25). The van der Waals surface area contributed by atoms with E-state index in [1.807, 2.05) is 12.1 Å². The molecule has 0 bridgehead atoms. The topological polar surface area (TPSA) is 87.7 Å². The molecule has 0 unspecified atom stereocenters. The normalized spacial score (nSPS) is 11.4. The Balaban J connectivity index is 1.69. The maximum atomic E-state index is 13.9. The third-order valence-corrected chi connectivity index (χ3v) is 5.60. The fourth-order valence-electron chi connectivity index (χ4n) is 2.88. The van der Waals surface area contributed by atoms with E-state index in [1.165, 1.54) is 6.07 Å². The monoisotopic (exact) mass is 412 g/mol. The summed E-state index contributed by atoms with van der Waals surface area (Å²) in [5.41, 5.74) is 3.13. The molecule has 2 N–H and O–H groups in total. The lowest BCUT2D eigenvalue weighted by atomic mass is 10.0. The number of anilines is 1. The van der Waals surface area contributed by atoms with Gasteiger partial charge in [0.1, 0.15) is 16.5 Å². The number of sulfonamides is 1. The van der Waals surface area contributed by atoms with Crippen molar-refractivity contribution in [1.82, 2.24) is 15.2 Å². The molecule has 2 aromatic carbocycles. The molecule has 0 amide bonds. The number of hydrogen-bond acceptors (Lipinski definition) is 4. The lowest BCUT2D eigenvalue weighted by molar-refractivity contribution is 0.555. The predicted octanol–water partition coefficient (Wildman–Crippen LogP) is 4.22. The van der Waals surface area contributed by atoms with Crippen LogP contribution in [0.2, 0.25) is 0 Å². The smallest absolute Gasteiger partial charge is 0.264 e. The van der Waals surface area contributed by atoms with Crippen LogP contribution in [0.25, 0.3) is 22.4 Å². The van der Waals surface area contributed by atoms with Crippen molar-refractivity contribution in [3.05, 3.63) is 84.8 Å². The summed E-state index contributed by atoms with van der Waals surface area (Å²) in [5.74, 6) is -1.89. The first kappa shape index (κ1) is 18.8. The summed E-state index contributed by atoms with van der Waals surface area (Å²) < 4.78 is 54.6. The molecule has 0 radical (unpaired) electrons. The summed E-state index contributed by atoms with van der Waals surface area (Å²) in [4.78, 5) is 3.23. The van der Waals surface area contributed by atoms with Crippen molar-refractivity contribution in [2.45, 2.75) is 4.90 Å². The Bertz CT molecular complexity index is 1270. The molecule has 2 heterocycles. The zero-order valence-electron chi connectivity index (χ0n) is 14.8. The summed E-state index contributed by atoms with van der Waals surface area (Å²) in [7, 11) is -4.32. The molecule has 2 aromatic heterocycles. The van der Waals surface area contributed by atoms with Gasteiger partial charge in [-0.2, -0.15) is 5.10 Å². The highest BCUT2D eigenvalue weighted by Crippen LogP contribution is 2.31. The van der Waals surface area contributed by atoms with Crippen molar-refractivity contribution in [2.75, 3.05) is 4.72 Å². The van der Waals surface area contributed by atoms with E-state index < -0.39 is 26.6 Å². The minimum absolute atomic E-state index is 0.190. The van der Waals surface area contributed by atoms with Gasteiger partial charge < -0.3 is 0 Å². The van der Waals surface area contributed by atoms with Gasteiger partial charge >= 0.3 is 0 Å². The molecule has 0 aliphatic heterocycles. The van der Waals surface area contributed by atoms with Crippen LogP contribution in [0.5, 0.6) is 0 Å². The van der Waals surface area contributed by atoms with E-state index in [4.69, 9.17) is 0 Å². The Kier molecular flexibility index (Phi) is 4.81. The number of nitrogens with zero attached hydrogens (tertiary/aromatic N) is 2. The number of halogens is 2. The van der Waals surface area contributed by atoms with Gasteiger partial charge in [-0.15, -0.1) is 0 Å². The summed E-state index contributed by atoms with van der Waals surface area (Å²) in [6.07, 6.45) is 5.04. The quantitative estimate of drug-likeness (QED) is 0.514. The van der Waals surface area contributed by atoms with E-state index in [2.05, 4.69) is 19.9 Å². The lowest BCUT2D eigenvalue weighted by Crippen LogP contribution is -2.15. The van der Waals surface area contributed by atoms with Crippen molar-refractivity contribution in [1.29, 1.82) is 0 Å². The molecule has 0 spiro atoms. The molecule has 0 saturated heterocycles. The number of pyridine rings is 1. The van der Waals surface area contributed by atoms with E-state index in [0.29, 0.717) is 17.3 Å². The Morgan fingerprint density at radius 2 is 1.72 bits per heavy atom. The van der Waals surface area contributed by atoms with E-state index in [1.54, 1.807) is 36.8 Å². The largest absolute Gasteiger partial charge is 0.284 e. The number of H-pyrrole nitrogens is 1. The van der Waals surface area contributed by atoms with E-state index in [9.17, 15) is 17.2 Å². The van der Waals surface area contributed by atoms with Crippen LogP contribution >= 0.6 is 0 Å². The van der Waals surface area contributed by atoms with Crippen molar-refractivity contribution >= 4 is 15.7 Å². The van der Waals surface area contributed by atoms with Crippen LogP contribution in [0.4, 0.5) is 14.5 Å². The molecular weight excluding hydrogens is 398 g/mol. The first-order valence-corrected chi connectivity index (χ1v) is 9.95. The number of aromatic amines is 1. The molecule has 4 aromatic rings. The van der Waals surface area contributed by atoms with Crippen LogP contribution in [0.3, 0.4) is 0 Å². The highest BCUT2D eigenvalue weighted by atomic mass is 32.2. The van der Waals surface area contributed by atoms with Crippen LogP contribution in [-0.2, 0) is 10.0 Å². The molecule has 0 atom stereocenters. The second kappa shape index (κ2) is 7.44.